The summed E-state index contributed by atoms with van der Waals surface area (Å²) in [4.78, 5) is 16.3. The van der Waals surface area contributed by atoms with Crippen LogP contribution in [0.15, 0.2) is 67.0 Å². The number of halogens is 2. The van der Waals surface area contributed by atoms with Crippen molar-refractivity contribution in [2.45, 2.75) is 13.5 Å². The topological polar surface area (TPSA) is 69.7 Å². The van der Waals surface area contributed by atoms with Crippen molar-refractivity contribution in [2.24, 2.45) is 0 Å². The highest BCUT2D eigenvalue weighted by atomic mass is 19.3. The summed E-state index contributed by atoms with van der Waals surface area (Å²) in [6, 6.07) is 13.2. The van der Waals surface area contributed by atoms with Crippen molar-refractivity contribution in [3.05, 3.63) is 78.1 Å². The highest BCUT2D eigenvalue weighted by Gasteiger charge is 2.10. The summed E-state index contributed by atoms with van der Waals surface area (Å²) in [5.74, 6) is 0.975. The van der Waals surface area contributed by atoms with Crippen LogP contribution in [-0.4, -0.2) is 24.6 Å². The van der Waals surface area contributed by atoms with E-state index in [4.69, 9.17) is 9.47 Å². The molecule has 1 N–H and O–H groups in total. The van der Waals surface area contributed by atoms with Gasteiger partial charge in [0, 0.05) is 18.0 Å². The van der Waals surface area contributed by atoms with Crippen LogP contribution in [0.3, 0.4) is 0 Å². The number of amides is 1. The molecule has 2 aromatic carbocycles. The Bertz CT molecular complexity index is 1070. The number of aromatic nitrogens is 1. The molecule has 6 nitrogen and oxygen atoms in total. The second-order valence-corrected chi connectivity index (χ2v) is 6.38. The highest BCUT2D eigenvalue weighted by Crippen LogP contribution is 2.30. The molecule has 3 aromatic rings. The van der Waals surface area contributed by atoms with Gasteiger partial charge in [-0.05, 0) is 66.6 Å². The average Bonchev–Trinajstić information content (AvgIpc) is 2.75. The molecule has 0 unspecified atom stereocenters. The molecule has 0 atom stereocenters. The summed E-state index contributed by atoms with van der Waals surface area (Å²) in [5.41, 5.74) is 2.03. The van der Waals surface area contributed by atoms with E-state index in [9.17, 15) is 13.6 Å². The van der Waals surface area contributed by atoms with Gasteiger partial charge in [-0.15, -0.1) is 0 Å². The SMILES string of the molecule is COc1cc(C=CC(=O)Nc2ccc(Oc3cccnc3)c(C)c2)ccc1OC(F)F. The number of carbonyl (C=O) groups is 1. The van der Waals surface area contributed by atoms with Crippen molar-refractivity contribution < 1.29 is 27.8 Å². The van der Waals surface area contributed by atoms with E-state index in [0.717, 1.165) is 5.56 Å². The number of rotatable bonds is 8. The lowest BCUT2D eigenvalue weighted by atomic mass is 10.1. The smallest absolute Gasteiger partial charge is 0.387 e. The summed E-state index contributed by atoms with van der Waals surface area (Å²) in [6.07, 6.45) is 6.14. The van der Waals surface area contributed by atoms with Crippen LogP contribution in [0.5, 0.6) is 23.0 Å². The number of hydrogen-bond donors (Lipinski definition) is 1. The molecule has 8 heteroatoms. The fourth-order valence-corrected chi connectivity index (χ4v) is 2.71. The molecule has 0 aliphatic carbocycles. The number of anilines is 1. The van der Waals surface area contributed by atoms with Gasteiger partial charge in [0.05, 0.1) is 13.3 Å². The van der Waals surface area contributed by atoms with Gasteiger partial charge in [0.15, 0.2) is 11.5 Å². The standard InChI is InChI=1S/C23H20F2N2O4/c1-15-12-17(7-9-19(15)30-18-4-3-11-26-14-18)27-22(28)10-6-16-5-8-20(31-23(24)25)21(13-16)29-2/h3-14,23H,1-2H3,(H,27,28). The number of carbonyl (C=O) groups excluding carboxylic acids is 1. The maximum atomic E-state index is 12.4. The Labute approximate surface area is 178 Å². The zero-order valence-electron chi connectivity index (χ0n) is 16.8. The number of benzene rings is 2. The van der Waals surface area contributed by atoms with E-state index in [1.165, 1.54) is 31.4 Å². The van der Waals surface area contributed by atoms with Gasteiger partial charge in [-0.3, -0.25) is 9.78 Å². The van der Waals surface area contributed by atoms with E-state index in [1.54, 1.807) is 48.8 Å². The first-order valence-corrected chi connectivity index (χ1v) is 9.25. The van der Waals surface area contributed by atoms with Crippen molar-refractivity contribution >= 4 is 17.7 Å². The Balaban J connectivity index is 1.64. The van der Waals surface area contributed by atoms with Gasteiger partial charge in [0.25, 0.3) is 0 Å². The number of alkyl halides is 2. The molecule has 0 aliphatic heterocycles. The van der Waals surface area contributed by atoms with E-state index in [0.29, 0.717) is 22.7 Å². The molecule has 1 heterocycles. The van der Waals surface area contributed by atoms with Gasteiger partial charge < -0.3 is 19.5 Å². The second-order valence-electron chi connectivity index (χ2n) is 6.38. The number of pyridine rings is 1. The van der Waals surface area contributed by atoms with E-state index in [2.05, 4.69) is 15.0 Å². The maximum absolute atomic E-state index is 12.4. The third-order valence-corrected chi connectivity index (χ3v) is 4.14. The molecule has 0 radical (unpaired) electrons. The largest absolute Gasteiger partial charge is 0.493 e. The van der Waals surface area contributed by atoms with E-state index in [-0.39, 0.29) is 17.4 Å². The highest BCUT2D eigenvalue weighted by molar-refractivity contribution is 6.02. The fraction of sp³-hybridized carbons (Fsp3) is 0.130. The van der Waals surface area contributed by atoms with Gasteiger partial charge >= 0.3 is 6.61 Å². The molecule has 31 heavy (non-hydrogen) atoms. The predicted molar refractivity (Wildman–Crippen MR) is 113 cm³/mol. The maximum Gasteiger partial charge on any atom is 0.387 e. The number of methoxy groups -OCH3 is 1. The molecule has 1 aromatic heterocycles. The monoisotopic (exact) mass is 426 g/mol. The number of aryl methyl sites for hydroxylation is 1. The van der Waals surface area contributed by atoms with Gasteiger partial charge in [-0.1, -0.05) is 6.07 Å². The number of ether oxygens (including phenoxy) is 3. The third kappa shape index (κ3) is 6.27. The van der Waals surface area contributed by atoms with Gasteiger partial charge in [-0.2, -0.15) is 8.78 Å². The van der Waals surface area contributed by atoms with E-state index < -0.39 is 6.61 Å². The summed E-state index contributed by atoms with van der Waals surface area (Å²) in [6.45, 7) is -1.09. The minimum absolute atomic E-state index is 0.0804. The lowest BCUT2D eigenvalue weighted by Crippen LogP contribution is -2.08. The first-order valence-electron chi connectivity index (χ1n) is 9.25. The van der Waals surface area contributed by atoms with Gasteiger partial charge in [-0.25, -0.2) is 0 Å². The lowest BCUT2D eigenvalue weighted by molar-refractivity contribution is -0.111. The minimum atomic E-state index is -2.95. The molecule has 0 saturated carbocycles. The lowest BCUT2D eigenvalue weighted by Gasteiger charge is -2.11. The van der Waals surface area contributed by atoms with Crippen molar-refractivity contribution in [3.63, 3.8) is 0 Å². The second kappa shape index (κ2) is 10.2. The van der Waals surface area contributed by atoms with E-state index in [1.807, 2.05) is 6.92 Å². The van der Waals surface area contributed by atoms with Crippen LogP contribution in [0, 0.1) is 6.92 Å². The fourth-order valence-electron chi connectivity index (χ4n) is 2.71. The number of hydrogen-bond acceptors (Lipinski definition) is 5. The molecular weight excluding hydrogens is 406 g/mol. The normalized spacial score (nSPS) is 10.9. The van der Waals surface area contributed by atoms with Crippen LogP contribution in [0.1, 0.15) is 11.1 Å². The number of nitrogens with zero attached hydrogens (tertiary/aromatic N) is 1. The zero-order chi connectivity index (χ0) is 22.2. The van der Waals surface area contributed by atoms with Crippen molar-refractivity contribution in [1.82, 2.24) is 4.98 Å². The summed E-state index contributed by atoms with van der Waals surface area (Å²) < 4.78 is 40.0. The Kier molecular flexibility index (Phi) is 7.16. The summed E-state index contributed by atoms with van der Waals surface area (Å²) >= 11 is 0. The Hall–Kier alpha value is -3.94. The van der Waals surface area contributed by atoms with Crippen LogP contribution in [0.2, 0.25) is 0 Å². The average molecular weight is 426 g/mol. The minimum Gasteiger partial charge on any atom is -0.493 e. The predicted octanol–water partition coefficient (Wildman–Crippen LogP) is 5.44. The Morgan fingerprint density at radius 3 is 2.58 bits per heavy atom. The van der Waals surface area contributed by atoms with Gasteiger partial charge in [0.1, 0.15) is 11.5 Å². The van der Waals surface area contributed by atoms with Crippen LogP contribution in [-0.2, 0) is 4.79 Å². The summed E-state index contributed by atoms with van der Waals surface area (Å²) in [7, 11) is 1.35. The Morgan fingerprint density at radius 2 is 1.90 bits per heavy atom. The molecule has 0 fully saturated rings. The van der Waals surface area contributed by atoms with Crippen LogP contribution in [0.4, 0.5) is 14.5 Å². The number of nitrogens with one attached hydrogen (secondary N) is 1. The molecule has 0 saturated heterocycles. The van der Waals surface area contributed by atoms with Crippen molar-refractivity contribution in [2.75, 3.05) is 12.4 Å². The quantitative estimate of drug-likeness (QED) is 0.486. The molecule has 160 valence electrons. The first-order chi connectivity index (χ1) is 14.9. The molecule has 3 rings (SSSR count). The summed E-state index contributed by atoms with van der Waals surface area (Å²) in [5, 5.41) is 2.76. The van der Waals surface area contributed by atoms with Gasteiger partial charge in [0.2, 0.25) is 5.91 Å². The van der Waals surface area contributed by atoms with E-state index >= 15 is 0 Å². The molecule has 1 amide bonds. The van der Waals surface area contributed by atoms with Crippen molar-refractivity contribution in [3.8, 4) is 23.0 Å². The third-order valence-electron chi connectivity index (χ3n) is 4.14. The first kappa shape index (κ1) is 21.8. The molecular formula is C23H20F2N2O4. The van der Waals surface area contributed by atoms with Crippen molar-refractivity contribution in [1.29, 1.82) is 0 Å². The zero-order valence-corrected chi connectivity index (χ0v) is 16.8. The Morgan fingerprint density at radius 1 is 1.10 bits per heavy atom. The molecule has 0 spiro atoms. The van der Waals surface area contributed by atoms with Crippen LogP contribution < -0.4 is 19.5 Å². The molecule has 0 aliphatic rings. The van der Waals surface area contributed by atoms with Crippen LogP contribution >= 0.6 is 0 Å². The molecule has 0 bridgehead atoms. The van der Waals surface area contributed by atoms with Crippen LogP contribution in [0.25, 0.3) is 6.08 Å².